The molecule has 0 saturated heterocycles. The number of hydrogen-bond donors (Lipinski definition) is 1. The van der Waals surface area contributed by atoms with Crippen LogP contribution in [-0.4, -0.2) is 16.5 Å². The monoisotopic (exact) mass is 484 g/mol. The average Bonchev–Trinajstić information content (AvgIpc) is 3.22. The van der Waals surface area contributed by atoms with Crippen molar-refractivity contribution in [3.8, 4) is 12.3 Å². The number of rotatable bonds is 4. The molecule has 5 rings (SSSR count). The fraction of sp³-hybridized carbons (Fsp3) is 0.618. The van der Waals surface area contributed by atoms with Crippen LogP contribution in [0.4, 0.5) is 0 Å². The second-order valence-corrected chi connectivity index (χ2v) is 13.2. The second-order valence-electron chi connectivity index (χ2n) is 13.2. The molecular weight excluding hydrogens is 440 g/mol. The quantitative estimate of drug-likeness (QED) is 0.268. The van der Waals surface area contributed by atoms with Crippen molar-refractivity contribution in [1.29, 1.82) is 0 Å². The fourth-order valence-corrected chi connectivity index (χ4v) is 9.39. The summed E-state index contributed by atoms with van der Waals surface area (Å²) in [5, 5.41) is 10.8. The number of carbonyl (C=O) groups is 1. The fourth-order valence-electron chi connectivity index (χ4n) is 9.39. The molecule has 4 fully saturated rings. The highest BCUT2D eigenvalue weighted by atomic mass is 16.3. The first-order valence-corrected chi connectivity index (χ1v) is 14.3. The Morgan fingerprint density at radius 1 is 0.944 bits per heavy atom. The van der Waals surface area contributed by atoms with E-state index in [9.17, 15) is 9.90 Å². The van der Waals surface area contributed by atoms with Crippen LogP contribution in [0.2, 0.25) is 0 Å². The standard InChI is InChI=1S/C34H44O2/c1-6-8-9-23(7-2)24-10-12-25(13-11-24)31(35)30-17-16-28-27-15-14-26-22-32(3,36)20-21-33(26,4)29(27)18-19-34(28,30)5/h1,7-13,26-30,36H,14-22H2,2-5H3/b9-8-,23-7+/t26-,27+,28+,29+,30-,32-,33+,34+/m1/s1. The number of ketones is 1. The van der Waals surface area contributed by atoms with Crippen LogP contribution in [0, 0.1) is 52.8 Å². The van der Waals surface area contributed by atoms with Gasteiger partial charge in [-0.15, -0.1) is 6.42 Å². The smallest absolute Gasteiger partial charge is 0.166 e. The van der Waals surface area contributed by atoms with Gasteiger partial charge in [0.2, 0.25) is 0 Å². The van der Waals surface area contributed by atoms with Gasteiger partial charge in [0.05, 0.1) is 5.60 Å². The molecule has 36 heavy (non-hydrogen) atoms. The summed E-state index contributed by atoms with van der Waals surface area (Å²) in [5.74, 6) is 5.85. The van der Waals surface area contributed by atoms with E-state index in [0.717, 1.165) is 54.2 Å². The van der Waals surface area contributed by atoms with Gasteiger partial charge in [-0.1, -0.05) is 50.1 Å². The number of carbonyl (C=O) groups excluding carboxylic acids is 1. The molecule has 1 aromatic rings. The SMILES string of the molecule is C#C/C=C\C(=C/C)c1ccc(C(=O)[C@H]2CC[C@H]3[C@@H]4CC[C@@H]5C[C@](C)(O)CC[C@]5(C)[C@H]4CC[C@]23C)cc1. The zero-order valence-corrected chi connectivity index (χ0v) is 22.7. The molecule has 1 aromatic carbocycles. The van der Waals surface area contributed by atoms with Crippen molar-refractivity contribution in [1.82, 2.24) is 0 Å². The summed E-state index contributed by atoms with van der Waals surface area (Å²) in [7, 11) is 0. The molecule has 2 heteroatoms. The zero-order valence-electron chi connectivity index (χ0n) is 22.7. The van der Waals surface area contributed by atoms with Gasteiger partial charge in [-0.25, -0.2) is 0 Å². The van der Waals surface area contributed by atoms with E-state index in [1.807, 2.05) is 38.1 Å². The third-order valence-corrected chi connectivity index (χ3v) is 11.4. The van der Waals surface area contributed by atoms with Crippen LogP contribution in [-0.2, 0) is 0 Å². The molecule has 4 aliphatic carbocycles. The largest absolute Gasteiger partial charge is 0.390 e. The first-order valence-electron chi connectivity index (χ1n) is 14.3. The molecule has 0 aliphatic heterocycles. The second kappa shape index (κ2) is 9.33. The average molecular weight is 485 g/mol. The van der Waals surface area contributed by atoms with Crippen molar-refractivity contribution in [3.63, 3.8) is 0 Å². The Labute approximate surface area is 218 Å². The summed E-state index contributed by atoms with van der Waals surface area (Å²) >= 11 is 0. The number of hydrogen-bond acceptors (Lipinski definition) is 2. The predicted octanol–water partition coefficient (Wildman–Crippen LogP) is 7.87. The van der Waals surface area contributed by atoms with Crippen LogP contribution in [0.1, 0.15) is 101 Å². The van der Waals surface area contributed by atoms with E-state index >= 15 is 0 Å². The summed E-state index contributed by atoms with van der Waals surface area (Å²) in [4.78, 5) is 13.9. The number of allylic oxidation sites excluding steroid dienone is 4. The molecule has 4 saturated carbocycles. The molecule has 0 radical (unpaired) electrons. The predicted molar refractivity (Wildman–Crippen MR) is 148 cm³/mol. The van der Waals surface area contributed by atoms with Crippen molar-refractivity contribution >= 4 is 11.4 Å². The third-order valence-electron chi connectivity index (χ3n) is 11.4. The highest BCUT2D eigenvalue weighted by Crippen LogP contribution is 2.68. The Morgan fingerprint density at radius 3 is 2.33 bits per heavy atom. The van der Waals surface area contributed by atoms with E-state index in [0.29, 0.717) is 23.0 Å². The van der Waals surface area contributed by atoms with Crippen molar-refractivity contribution in [2.45, 2.75) is 91.1 Å². The maximum atomic E-state index is 13.9. The Balaban J connectivity index is 1.34. The van der Waals surface area contributed by atoms with Gasteiger partial charge in [-0.2, -0.15) is 0 Å². The Kier molecular flexibility index (Phi) is 6.61. The minimum Gasteiger partial charge on any atom is -0.390 e. The molecule has 8 atom stereocenters. The minimum atomic E-state index is -0.480. The highest BCUT2D eigenvalue weighted by Gasteiger charge is 2.61. The van der Waals surface area contributed by atoms with Crippen LogP contribution >= 0.6 is 0 Å². The number of benzene rings is 1. The Hall–Kier alpha value is -2.11. The van der Waals surface area contributed by atoms with Gasteiger partial charge in [0, 0.05) is 11.5 Å². The maximum absolute atomic E-state index is 13.9. The Morgan fingerprint density at radius 2 is 1.64 bits per heavy atom. The van der Waals surface area contributed by atoms with Crippen LogP contribution in [0.25, 0.3) is 5.57 Å². The number of terminal acetylenes is 1. The lowest BCUT2D eigenvalue weighted by molar-refractivity contribution is -0.144. The summed E-state index contributed by atoms with van der Waals surface area (Å²) in [6, 6.07) is 8.17. The number of Topliss-reactive ketones (excluding diaryl/α,β-unsaturated/α-hetero) is 1. The van der Waals surface area contributed by atoms with Crippen molar-refractivity contribution in [2.24, 2.45) is 40.4 Å². The van der Waals surface area contributed by atoms with Gasteiger partial charge in [0.25, 0.3) is 0 Å². The zero-order chi connectivity index (χ0) is 25.7. The first kappa shape index (κ1) is 25.5. The van der Waals surface area contributed by atoms with Gasteiger partial charge in [0.1, 0.15) is 0 Å². The van der Waals surface area contributed by atoms with Gasteiger partial charge < -0.3 is 5.11 Å². The van der Waals surface area contributed by atoms with Crippen molar-refractivity contribution in [3.05, 3.63) is 53.6 Å². The van der Waals surface area contributed by atoms with Gasteiger partial charge >= 0.3 is 0 Å². The highest BCUT2D eigenvalue weighted by molar-refractivity contribution is 5.99. The van der Waals surface area contributed by atoms with E-state index in [2.05, 4.69) is 31.9 Å². The van der Waals surface area contributed by atoms with Gasteiger partial charge in [-0.3, -0.25) is 4.79 Å². The molecule has 0 aromatic heterocycles. The van der Waals surface area contributed by atoms with Gasteiger partial charge in [0.15, 0.2) is 5.78 Å². The summed E-state index contributed by atoms with van der Waals surface area (Å²) in [5.41, 5.74) is 3.02. The summed E-state index contributed by atoms with van der Waals surface area (Å²) in [6.45, 7) is 9.04. The molecule has 4 aliphatic rings. The number of aliphatic hydroxyl groups is 1. The summed E-state index contributed by atoms with van der Waals surface area (Å²) in [6.07, 6.45) is 21.4. The first-order chi connectivity index (χ1) is 17.1. The summed E-state index contributed by atoms with van der Waals surface area (Å²) < 4.78 is 0. The van der Waals surface area contributed by atoms with Gasteiger partial charge in [-0.05, 0) is 129 Å². The normalized spacial score (nSPS) is 42.3. The Bertz CT molecular complexity index is 1100. The molecule has 0 spiro atoms. The van der Waals surface area contributed by atoms with E-state index in [-0.39, 0.29) is 11.3 Å². The molecule has 0 heterocycles. The third kappa shape index (κ3) is 4.12. The van der Waals surface area contributed by atoms with Crippen molar-refractivity contribution < 1.29 is 9.90 Å². The lowest BCUT2D eigenvalue weighted by Gasteiger charge is -2.61. The minimum absolute atomic E-state index is 0.115. The van der Waals surface area contributed by atoms with Crippen LogP contribution in [0.15, 0.2) is 42.5 Å². The molecule has 1 N–H and O–H groups in total. The van der Waals surface area contributed by atoms with Crippen LogP contribution in [0.5, 0.6) is 0 Å². The molecule has 0 bridgehead atoms. The molecule has 192 valence electrons. The van der Waals surface area contributed by atoms with Crippen LogP contribution < -0.4 is 0 Å². The molecule has 0 unspecified atom stereocenters. The number of fused-ring (bicyclic) bond motifs is 5. The lowest BCUT2D eigenvalue weighted by atomic mass is 9.44. The van der Waals surface area contributed by atoms with Crippen molar-refractivity contribution in [2.75, 3.05) is 0 Å². The van der Waals surface area contributed by atoms with E-state index < -0.39 is 5.60 Å². The van der Waals surface area contributed by atoms with E-state index in [4.69, 9.17) is 6.42 Å². The van der Waals surface area contributed by atoms with E-state index in [1.54, 1.807) is 6.08 Å². The topological polar surface area (TPSA) is 37.3 Å². The maximum Gasteiger partial charge on any atom is 0.166 e. The lowest BCUT2D eigenvalue weighted by Crippen LogP contribution is -2.55. The molecular formula is C34H44O2. The van der Waals surface area contributed by atoms with Crippen LogP contribution in [0.3, 0.4) is 0 Å². The molecule has 2 nitrogen and oxygen atoms in total. The van der Waals surface area contributed by atoms with E-state index in [1.165, 1.54) is 32.1 Å². The molecule has 0 amide bonds.